The van der Waals surface area contributed by atoms with Crippen molar-refractivity contribution < 1.29 is 9.53 Å². The standard InChI is InChI=1S/C28H39N5O2/c1-18(2)24-17-32(14-15-35-24)28-30-25-23(16-33(19(3)4)27(25)34)26(31-28)29-22-12-10-21(11-13-22)20-8-6-5-7-9-20/h10-13,18-20,24H,5-9,14-17H2,1-4H3,(H,29,30,31). The van der Waals surface area contributed by atoms with Crippen molar-refractivity contribution in [2.24, 2.45) is 5.92 Å². The molecule has 5 rings (SSSR count). The highest BCUT2D eigenvalue weighted by Crippen LogP contribution is 2.35. The highest BCUT2D eigenvalue weighted by molar-refractivity contribution is 5.98. The van der Waals surface area contributed by atoms with Gasteiger partial charge in [0.1, 0.15) is 11.5 Å². The van der Waals surface area contributed by atoms with Crippen LogP contribution < -0.4 is 10.2 Å². The van der Waals surface area contributed by atoms with Crippen molar-refractivity contribution in [1.29, 1.82) is 0 Å². The molecule has 1 atom stereocenters. The lowest BCUT2D eigenvalue weighted by molar-refractivity contribution is 0.0109. The largest absolute Gasteiger partial charge is 0.374 e. The quantitative estimate of drug-likeness (QED) is 0.593. The van der Waals surface area contributed by atoms with Crippen molar-refractivity contribution in [3.05, 3.63) is 41.1 Å². The Bertz CT molecular complexity index is 1050. The summed E-state index contributed by atoms with van der Waals surface area (Å²) in [5.74, 6) is 2.42. The van der Waals surface area contributed by atoms with Gasteiger partial charge in [-0.3, -0.25) is 4.79 Å². The minimum absolute atomic E-state index is 0.0111. The topological polar surface area (TPSA) is 70.6 Å². The van der Waals surface area contributed by atoms with Crippen LogP contribution >= 0.6 is 0 Å². The molecule has 7 heteroatoms. The van der Waals surface area contributed by atoms with Crippen LogP contribution in [0.1, 0.15) is 87.3 Å². The Morgan fingerprint density at radius 1 is 1.03 bits per heavy atom. The first kappa shape index (κ1) is 24.0. The van der Waals surface area contributed by atoms with E-state index in [4.69, 9.17) is 14.7 Å². The van der Waals surface area contributed by atoms with Crippen LogP contribution in [-0.4, -0.2) is 52.6 Å². The van der Waals surface area contributed by atoms with Gasteiger partial charge in [0.25, 0.3) is 5.91 Å². The van der Waals surface area contributed by atoms with Crippen molar-refractivity contribution in [3.63, 3.8) is 0 Å². The number of hydrogen-bond donors (Lipinski definition) is 1. The van der Waals surface area contributed by atoms with Crippen molar-refractivity contribution in [2.75, 3.05) is 29.9 Å². The summed E-state index contributed by atoms with van der Waals surface area (Å²) in [4.78, 5) is 27.0. The summed E-state index contributed by atoms with van der Waals surface area (Å²) in [5.41, 5.74) is 3.84. The van der Waals surface area contributed by atoms with Crippen molar-refractivity contribution in [1.82, 2.24) is 14.9 Å². The Labute approximate surface area is 209 Å². The third-order valence-corrected chi connectivity index (χ3v) is 7.78. The maximum atomic E-state index is 13.2. The van der Waals surface area contributed by atoms with Crippen LogP contribution in [0, 0.1) is 5.92 Å². The van der Waals surface area contributed by atoms with Crippen LogP contribution in [-0.2, 0) is 11.3 Å². The predicted octanol–water partition coefficient (Wildman–Crippen LogP) is 5.49. The fourth-order valence-corrected chi connectivity index (χ4v) is 5.51. The normalized spacial score (nSPS) is 21.2. The first-order valence-electron chi connectivity index (χ1n) is 13.4. The molecule has 1 amide bonds. The molecule has 1 aliphatic carbocycles. The predicted molar refractivity (Wildman–Crippen MR) is 139 cm³/mol. The summed E-state index contributed by atoms with van der Waals surface area (Å²) < 4.78 is 5.95. The number of amides is 1. The molecule has 0 spiro atoms. The zero-order chi connectivity index (χ0) is 24.5. The van der Waals surface area contributed by atoms with E-state index in [0.29, 0.717) is 36.6 Å². The fourth-order valence-electron chi connectivity index (χ4n) is 5.51. The van der Waals surface area contributed by atoms with Gasteiger partial charge in [0.05, 0.1) is 19.3 Å². The Morgan fingerprint density at radius 2 is 1.77 bits per heavy atom. The van der Waals surface area contributed by atoms with Gasteiger partial charge >= 0.3 is 0 Å². The summed E-state index contributed by atoms with van der Waals surface area (Å²) in [6.07, 6.45) is 6.75. The lowest BCUT2D eigenvalue weighted by Gasteiger charge is -2.35. The summed E-state index contributed by atoms with van der Waals surface area (Å²) >= 11 is 0. The lowest BCUT2D eigenvalue weighted by Crippen LogP contribution is -2.45. The smallest absolute Gasteiger partial charge is 0.273 e. The first-order valence-corrected chi connectivity index (χ1v) is 13.4. The Balaban J connectivity index is 1.44. The van der Waals surface area contributed by atoms with Gasteiger partial charge in [-0.05, 0) is 56.2 Å². The number of benzene rings is 1. The van der Waals surface area contributed by atoms with Crippen molar-refractivity contribution >= 4 is 23.4 Å². The van der Waals surface area contributed by atoms with E-state index in [1.807, 2.05) is 18.7 Å². The van der Waals surface area contributed by atoms with E-state index >= 15 is 0 Å². The van der Waals surface area contributed by atoms with Crippen LogP contribution in [0.5, 0.6) is 0 Å². The maximum absolute atomic E-state index is 13.2. The molecule has 188 valence electrons. The van der Waals surface area contributed by atoms with E-state index in [2.05, 4.69) is 48.3 Å². The van der Waals surface area contributed by atoms with Crippen LogP contribution in [0.2, 0.25) is 0 Å². The first-order chi connectivity index (χ1) is 16.9. The highest BCUT2D eigenvalue weighted by Gasteiger charge is 2.35. The average molecular weight is 478 g/mol. The van der Waals surface area contributed by atoms with E-state index in [1.54, 1.807) is 0 Å². The number of nitrogens with zero attached hydrogens (tertiary/aromatic N) is 4. The summed E-state index contributed by atoms with van der Waals surface area (Å²) in [5, 5.41) is 3.54. The second-order valence-corrected chi connectivity index (χ2v) is 10.9. The van der Waals surface area contributed by atoms with E-state index < -0.39 is 0 Å². The molecule has 3 heterocycles. The molecule has 7 nitrogen and oxygen atoms in total. The molecule has 0 bridgehead atoms. The number of hydrogen-bond acceptors (Lipinski definition) is 6. The number of rotatable bonds is 6. The summed E-state index contributed by atoms with van der Waals surface area (Å²) in [6.45, 7) is 11.1. The monoisotopic (exact) mass is 477 g/mol. The Morgan fingerprint density at radius 3 is 2.46 bits per heavy atom. The van der Waals surface area contributed by atoms with Gasteiger partial charge < -0.3 is 19.9 Å². The van der Waals surface area contributed by atoms with Gasteiger partial charge in [-0.1, -0.05) is 45.2 Å². The van der Waals surface area contributed by atoms with Gasteiger partial charge in [-0.2, -0.15) is 4.98 Å². The van der Waals surface area contributed by atoms with Crippen LogP contribution in [0.15, 0.2) is 24.3 Å². The molecule has 1 saturated heterocycles. The van der Waals surface area contributed by atoms with E-state index in [0.717, 1.165) is 30.2 Å². The van der Waals surface area contributed by atoms with Gasteiger partial charge in [-0.15, -0.1) is 0 Å². The second kappa shape index (κ2) is 10.1. The van der Waals surface area contributed by atoms with Crippen LogP contribution in [0.25, 0.3) is 0 Å². The molecule has 2 fully saturated rings. The number of anilines is 3. The molecule has 1 aromatic heterocycles. The van der Waals surface area contributed by atoms with E-state index in [-0.39, 0.29) is 18.1 Å². The summed E-state index contributed by atoms with van der Waals surface area (Å²) in [7, 11) is 0. The second-order valence-electron chi connectivity index (χ2n) is 10.9. The lowest BCUT2D eigenvalue weighted by atomic mass is 9.84. The van der Waals surface area contributed by atoms with Crippen molar-refractivity contribution in [3.8, 4) is 0 Å². The van der Waals surface area contributed by atoms with Crippen LogP contribution in [0.3, 0.4) is 0 Å². The number of aromatic nitrogens is 2. The zero-order valence-electron chi connectivity index (χ0n) is 21.6. The highest BCUT2D eigenvalue weighted by atomic mass is 16.5. The Kier molecular flexibility index (Phi) is 6.96. The van der Waals surface area contributed by atoms with Gasteiger partial charge in [0.2, 0.25) is 5.95 Å². The van der Waals surface area contributed by atoms with Gasteiger partial charge in [-0.25, -0.2) is 4.98 Å². The molecular weight excluding hydrogens is 438 g/mol. The van der Waals surface area contributed by atoms with Gasteiger partial charge in [0.15, 0.2) is 0 Å². The number of morpholine rings is 1. The number of carbonyl (C=O) groups is 1. The van der Waals surface area contributed by atoms with E-state index in [9.17, 15) is 4.79 Å². The number of ether oxygens (including phenoxy) is 1. The molecular formula is C28H39N5O2. The minimum atomic E-state index is -0.0111. The van der Waals surface area contributed by atoms with E-state index in [1.165, 1.54) is 37.7 Å². The molecule has 1 saturated carbocycles. The SMILES string of the molecule is CC(C)C1CN(c2nc(Nc3ccc(C4CCCCC4)cc3)c3c(n2)C(=O)N(C(C)C)C3)CCO1. The molecule has 3 aliphatic rings. The number of fused-ring (bicyclic) bond motifs is 1. The third kappa shape index (κ3) is 5.01. The number of nitrogens with one attached hydrogen (secondary N) is 1. The molecule has 2 aliphatic heterocycles. The van der Waals surface area contributed by atoms with Gasteiger partial charge in [0, 0.05) is 30.4 Å². The maximum Gasteiger partial charge on any atom is 0.273 e. The summed E-state index contributed by atoms with van der Waals surface area (Å²) in [6, 6.07) is 8.91. The van der Waals surface area contributed by atoms with Crippen molar-refractivity contribution in [2.45, 2.75) is 84.4 Å². The third-order valence-electron chi connectivity index (χ3n) is 7.78. The zero-order valence-corrected chi connectivity index (χ0v) is 21.6. The molecule has 1 aromatic carbocycles. The fraction of sp³-hybridized carbons (Fsp3) is 0.607. The average Bonchev–Trinajstić information content (AvgIpc) is 3.22. The molecule has 35 heavy (non-hydrogen) atoms. The Hall–Kier alpha value is -2.67. The molecule has 0 radical (unpaired) electrons. The molecule has 2 aromatic rings. The van der Waals surface area contributed by atoms with Crippen LogP contribution in [0.4, 0.5) is 17.5 Å². The number of carbonyl (C=O) groups excluding carboxylic acids is 1. The molecule has 1 N–H and O–H groups in total. The minimum Gasteiger partial charge on any atom is -0.374 e. The molecule has 1 unspecified atom stereocenters.